The summed E-state index contributed by atoms with van der Waals surface area (Å²) < 4.78 is 0. The van der Waals surface area contributed by atoms with Crippen LogP contribution in [-0.4, -0.2) is 36.0 Å². The van der Waals surface area contributed by atoms with Gasteiger partial charge in [-0.3, -0.25) is 9.80 Å². The molecule has 0 atom stereocenters. The van der Waals surface area contributed by atoms with Gasteiger partial charge in [0.1, 0.15) is 0 Å². The minimum absolute atomic E-state index is 0. The van der Waals surface area contributed by atoms with E-state index in [0.29, 0.717) is 20.1 Å². The molecule has 0 saturated carbocycles. The van der Waals surface area contributed by atoms with Crippen LogP contribution in [0.4, 0.5) is 0 Å². The van der Waals surface area contributed by atoms with Crippen molar-refractivity contribution < 1.29 is 0 Å². The van der Waals surface area contributed by atoms with E-state index in [1.165, 1.54) is 22.3 Å². The van der Waals surface area contributed by atoms with Gasteiger partial charge in [-0.25, -0.2) is 0 Å². The summed E-state index contributed by atoms with van der Waals surface area (Å²) in [7, 11) is 0. The molecule has 2 aromatic rings. The number of benzene rings is 2. The van der Waals surface area contributed by atoms with Gasteiger partial charge in [-0.15, -0.1) is 24.8 Å². The van der Waals surface area contributed by atoms with Crippen molar-refractivity contribution in [2.75, 3.05) is 26.2 Å². The Hall–Kier alpha value is 0.1000. The molecule has 0 fully saturated rings. The molecule has 2 aliphatic rings. The molecule has 0 aromatic heterocycles. The van der Waals surface area contributed by atoms with Crippen molar-refractivity contribution in [1.82, 2.24) is 9.80 Å². The summed E-state index contributed by atoms with van der Waals surface area (Å²) in [6.45, 7) is 5.87. The lowest BCUT2D eigenvalue weighted by atomic mass is 9.99. The summed E-state index contributed by atoms with van der Waals surface area (Å²) in [5, 5.41) is 2.71. The molecule has 4 rings (SSSR count). The fourth-order valence-electron chi connectivity index (χ4n) is 3.90. The molecule has 0 aliphatic carbocycles. The Morgan fingerprint density at radius 3 is 1.43 bits per heavy atom. The second-order valence-corrected chi connectivity index (χ2v) is 8.62. The molecule has 2 aliphatic heterocycles. The zero-order valence-electron chi connectivity index (χ0n) is 15.2. The molecule has 0 bridgehead atoms. The molecular weight excluding hydrogens is 481 g/mol. The summed E-state index contributed by atoms with van der Waals surface area (Å²) in [6.07, 6.45) is 2.05. The molecule has 0 spiro atoms. The lowest BCUT2D eigenvalue weighted by molar-refractivity contribution is 0.183. The van der Waals surface area contributed by atoms with Gasteiger partial charge in [-0.05, 0) is 47.2 Å². The summed E-state index contributed by atoms with van der Waals surface area (Å²) >= 11 is 25.2. The van der Waals surface area contributed by atoms with E-state index in [1.54, 1.807) is 0 Å². The molecule has 2 aromatic carbocycles. The first kappa shape index (κ1) is 24.4. The van der Waals surface area contributed by atoms with E-state index < -0.39 is 0 Å². The van der Waals surface area contributed by atoms with Crippen LogP contribution in [0.3, 0.4) is 0 Å². The fraction of sp³-hybridized carbons (Fsp3) is 0.400. The van der Waals surface area contributed by atoms with E-state index in [2.05, 4.69) is 21.9 Å². The number of nitrogens with zero attached hydrogens (tertiary/aromatic N) is 2. The zero-order valence-corrected chi connectivity index (χ0v) is 19.8. The van der Waals surface area contributed by atoms with Crippen LogP contribution < -0.4 is 0 Å². The highest BCUT2D eigenvalue weighted by Gasteiger charge is 2.23. The number of rotatable bonds is 3. The predicted molar refractivity (Wildman–Crippen MR) is 125 cm³/mol. The highest BCUT2D eigenvalue weighted by molar-refractivity contribution is 6.43. The Kier molecular flexibility index (Phi) is 9.07. The number of fused-ring (bicyclic) bond motifs is 2. The van der Waals surface area contributed by atoms with Crippen molar-refractivity contribution in [1.29, 1.82) is 0 Å². The minimum atomic E-state index is 0. The van der Waals surface area contributed by atoms with Crippen LogP contribution in [0.25, 0.3) is 0 Å². The van der Waals surface area contributed by atoms with Crippen molar-refractivity contribution >= 4 is 71.2 Å². The quantitative estimate of drug-likeness (QED) is 0.469. The molecule has 2 nitrogen and oxygen atoms in total. The molecule has 8 heteroatoms. The van der Waals surface area contributed by atoms with Gasteiger partial charge in [0.25, 0.3) is 0 Å². The molecule has 0 amide bonds. The Labute approximate surface area is 198 Å². The third-order valence-electron chi connectivity index (χ3n) is 5.48. The summed E-state index contributed by atoms with van der Waals surface area (Å²) in [4.78, 5) is 4.92. The van der Waals surface area contributed by atoms with Crippen LogP contribution in [0, 0.1) is 0 Å². The SMILES string of the molecule is Cl.Cl.Clc1ccc2c(c1Cl)CN(CCN1CCc3ccc(Cl)c(Cl)c3C1)CC2. The average molecular weight is 503 g/mol. The van der Waals surface area contributed by atoms with Gasteiger partial charge in [-0.2, -0.15) is 0 Å². The Bertz CT molecular complexity index is 772. The smallest absolute Gasteiger partial charge is 0.0640 e. The molecule has 0 saturated heterocycles. The van der Waals surface area contributed by atoms with Crippen LogP contribution in [-0.2, 0) is 25.9 Å². The molecule has 0 unspecified atom stereocenters. The molecular formula is C20H22Cl6N2. The van der Waals surface area contributed by atoms with Gasteiger partial charge >= 0.3 is 0 Å². The third kappa shape index (κ3) is 5.04. The number of hydrogen-bond acceptors (Lipinski definition) is 2. The van der Waals surface area contributed by atoms with Crippen molar-refractivity contribution in [2.45, 2.75) is 25.9 Å². The van der Waals surface area contributed by atoms with Crippen LogP contribution in [0.15, 0.2) is 24.3 Å². The number of hydrogen-bond donors (Lipinski definition) is 0. The number of halogens is 6. The molecule has 0 radical (unpaired) electrons. The van der Waals surface area contributed by atoms with Crippen LogP contribution in [0.1, 0.15) is 22.3 Å². The van der Waals surface area contributed by atoms with Crippen LogP contribution >= 0.6 is 71.2 Å². The van der Waals surface area contributed by atoms with Crippen LogP contribution in [0.5, 0.6) is 0 Å². The van der Waals surface area contributed by atoms with E-state index in [1.807, 2.05) is 12.1 Å². The van der Waals surface area contributed by atoms with Crippen molar-refractivity contribution in [2.24, 2.45) is 0 Å². The summed E-state index contributed by atoms with van der Waals surface area (Å²) in [6, 6.07) is 8.01. The Morgan fingerprint density at radius 1 is 0.643 bits per heavy atom. The average Bonchev–Trinajstić information content (AvgIpc) is 2.66. The lowest BCUT2D eigenvalue weighted by Gasteiger charge is -2.34. The first-order valence-electron chi connectivity index (χ1n) is 8.89. The first-order valence-corrected chi connectivity index (χ1v) is 10.4. The van der Waals surface area contributed by atoms with E-state index >= 15 is 0 Å². The standard InChI is InChI=1S/C20H20Cl4N2.2ClH/c21-17-3-1-13-5-7-25(11-15(13)19(17)23)9-10-26-8-6-14-2-4-18(22)20(24)16(14)12-26;;/h1-4H,5-12H2;2*1H. The second kappa shape index (κ2) is 10.4. The molecule has 2 heterocycles. The first-order chi connectivity index (χ1) is 12.5. The maximum atomic E-state index is 6.42. The van der Waals surface area contributed by atoms with Gasteiger partial charge in [0.05, 0.1) is 20.1 Å². The lowest BCUT2D eigenvalue weighted by Crippen LogP contribution is -2.40. The van der Waals surface area contributed by atoms with Gasteiger partial charge in [0.15, 0.2) is 0 Å². The highest BCUT2D eigenvalue weighted by Crippen LogP contribution is 2.33. The maximum Gasteiger partial charge on any atom is 0.0640 e. The second-order valence-electron chi connectivity index (χ2n) is 7.05. The monoisotopic (exact) mass is 500 g/mol. The van der Waals surface area contributed by atoms with Crippen molar-refractivity contribution in [3.63, 3.8) is 0 Å². The molecule has 28 heavy (non-hydrogen) atoms. The maximum absolute atomic E-state index is 6.42. The van der Waals surface area contributed by atoms with Crippen molar-refractivity contribution in [3.05, 3.63) is 66.6 Å². The van der Waals surface area contributed by atoms with Crippen molar-refractivity contribution in [3.8, 4) is 0 Å². The summed E-state index contributed by atoms with van der Waals surface area (Å²) in [5.41, 5.74) is 5.02. The van der Waals surface area contributed by atoms with E-state index in [0.717, 1.165) is 52.1 Å². The highest BCUT2D eigenvalue weighted by atomic mass is 35.5. The Balaban J connectivity index is 0.00000140. The molecule has 0 N–H and O–H groups in total. The Morgan fingerprint density at radius 2 is 1.04 bits per heavy atom. The van der Waals surface area contributed by atoms with Gasteiger partial charge < -0.3 is 0 Å². The minimum Gasteiger partial charge on any atom is -0.297 e. The van der Waals surface area contributed by atoms with E-state index in [9.17, 15) is 0 Å². The zero-order chi connectivity index (χ0) is 18.3. The van der Waals surface area contributed by atoms with Gasteiger partial charge in [-0.1, -0.05) is 58.5 Å². The fourth-order valence-corrected chi connectivity index (χ4v) is 4.74. The van der Waals surface area contributed by atoms with Crippen LogP contribution in [0.2, 0.25) is 20.1 Å². The van der Waals surface area contributed by atoms with E-state index in [4.69, 9.17) is 46.4 Å². The molecule has 154 valence electrons. The van der Waals surface area contributed by atoms with E-state index in [-0.39, 0.29) is 24.8 Å². The topological polar surface area (TPSA) is 6.48 Å². The normalized spacial score (nSPS) is 16.6. The summed E-state index contributed by atoms with van der Waals surface area (Å²) in [5.74, 6) is 0. The van der Waals surface area contributed by atoms with Gasteiger partial charge in [0.2, 0.25) is 0 Å². The predicted octanol–water partition coefficient (Wildman–Crippen LogP) is 6.56. The largest absolute Gasteiger partial charge is 0.297 e. The third-order valence-corrected chi connectivity index (χ3v) is 7.16. The van der Waals surface area contributed by atoms with Gasteiger partial charge in [0, 0.05) is 39.3 Å².